The van der Waals surface area contributed by atoms with Gasteiger partial charge in [-0.05, 0) is 54.8 Å². The monoisotopic (exact) mass is 534 g/mol. The minimum absolute atomic E-state index is 0. The van der Waals surface area contributed by atoms with Gasteiger partial charge in [0.1, 0.15) is 5.82 Å². The van der Waals surface area contributed by atoms with Crippen molar-refractivity contribution in [2.24, 2.45) is 0 Å². The molecule has 1 saturated carbocycles. The number of sulfonamides is 1. The molecule has 1 aliphatic heterocycles. The lowest BCUT2D eigenvalue weighted by Crippen LogP contribution is -2.49. The maximum atomic E-state index is 12.5. The fraction of sp³-hybridized carbons (Fsp3) is 0.346. The van der Waals surface area contributed by atoms with Crippen LogP contribution in [0.25, 0.3) is 11.1 Å². The van der Waals surface area contributed by atoms with Gasteiger partial charge in [0, 0.05) is 49.7 Å². The highest BCUT2D eigenvalue weighted by Gasteiger charge is 2.26. The van der Waals surface area contributed by atoms with E-state index in [2.05, 4.69) is 26.7 Å². The summed E-state index contributed by atoms with van der Waals surface area (Å²) in [6.45, 7) is 4.29. The summed E-state index contributed by atoms with van der Waals surface area (Å²) in [6.07, 6.45) is 7.39. The van der Waals surface area contributed by atoms with E-state index in [-0.39, 0.29) is 29.7 Å². The van der Waals surface area contributed by atoms with Crippen LogP contribution in [0.1, 0.15) is 25.7 Å². The van der Waals surface area contributed by atoms with E-state index < -0.39 is 10.0 Å². The van der Waals surface area contributed by atoms with Gasteiger partial charge in [-0.2, -0.15) is 0 Å². The minimum Gasteiger partial charge on any atom is -0.354 e. The number of nitrogens with one attached hydrogen (secondary N) is 1. The molecule has 9 heteroatoms. The van der Waals surface area contributed by atoms with Crippen molar-refractivity contribution in [3.05, 3.63) is 72.9 Å². The van der Waals surface area contributed by atoms with Gasteiger partial charge in [0.25, 0.3) is 10.0 Å². The van der Waals surface area contributed by atoms with Gasteiger partial charge in [-0.3, -0.25) is 9.62 Å². The van der Waals surface area contributed by atoms with Crippen molar-refractivity contribution in [2.45, 2.75) is 36.6 Å². The van der Waals surface area contributed by atoms with Gasteiger partial charge in [-0.15, -0.1) is 24.8 Å². The fourth-order valence-electron chi connectivity index (χ4n) is 4.87. The Bertz CT molecular complexity index is 1160. The summed E-state index contributed by atoms with van der Waals surface area (Å²) < 4.78 is 27.7. The van der Waals surface area contributed by atoms with Gasteiger partial charge in [0.15, 0.2) is 0 Å². The Morgan fingerprint density at radius 1 is 0.771 bits per heavy atom. The number of benzene rings is 2. The molecule has 0 atom stereocenters. The number of pyridine rings is 1. The number of piperazine rings is 1. The van der Waals surface area contributed by atoms with Crippen LogP contribution in [-0.4, -0.2) is 50.5 Å². The van der Waals surface area contributed by atoms with E-state index in [4.69, 9.17) is 4.98 Å². The molecule has 35 heavy (non-hydrogen) atoms. The molecule has 0 bridgehead atoms. The molecule has 1 aromatic heterocycles. The highest BCUT2D eigenvalue weighted by molar-refractivity contribution is 7.92. The summed E-state index contributed by atoms with van der Waals surface area (Å²) in [5.74, 6) is 1.03. The zero-order chi connectivity index (χ0) is 22.7. The van der Waals surface area contributed by atoms with E-state index >= 15 is 0 Å². The molecule has 0 unspecified atom stereocenters. The Labute approximate surface area is 220 Å². The van der Waals surface area contributed by atoms with Crippen LogP contribution in [0, 0.1) is 0 Å². The quantitative estimate of drug-likeness (QED) is 0.454. The van der Waals surface area contributed by atoms with Crippen molar-refractivity contribution in [1.82, 2.24) is 9.88 Å². The van der Waals surface area contributed by atoms with E-state index in [1.807, 2.05) is 18.3 Å². The standard InChI is InChI=1S/C26H30N4O2S.2ClH/c31-33(32,25-8-2-1-3-9-25)28-23-13-10-21(11-14-23)22-12-15-26(27-20-22)30-18-16-29(17-19-30)24-6-4-5-7-24;;/h1-3,8-15,20,24,28H,4-7,16-19H2;2*1H. The first-order valence-electron chi connectivity index (χ1n) is 11.7. The average Bonchev–Trinajstić information content (AvgIpc) is 3.40. The third kappa shape index (κ3) is 6.47. The highest BCUT2D eigenvalue weighted by atomic mass is 35.5. The molecule has 2 aromatic carbocycles. The largest absolute Gasteiger partial charge is 0.354 e. The van der Waals surface area contributed by atoms with Crippen molar-refractivity contribution < 1.29 is 8.42 Å². The number of aromatic nitrogens is 1. The van der Waals surface area contributed by atoms with Crippen LogP contribution in [0.3, 0.4) is 0 Å². The Balaban J connectivity index is 0.00000171. The first kappa shape index (κ1) is 27.3. The lowest BCUT2D eigenvalue weighted by atomic mass is 10.1. The Hall–Kier alpha value is -2.32. The molecule has 1 aliphatic carbocycles. The summed E-state index contributed by atoms with van der Waals surface area (Å²) in [7, 11) is -3.59. The molecule has 2 aliphatic rings. The van der Waals surface area contributed by atoms with E-state index in [1.54, 1.807) is 42.5 Å². The van der Waals surface area contributed by atoms with E-state index in [9.17, 15) is 8.42 Å². The van der Waals surface area contributed by atoms with Crippen molar-refractivity contribution >= 4 is 46.3 Å². The van der Waals surface area contributed by atoms with Gasteiger partial charge >= 0.3 is 0 Å². The molecule has 5 rings (SSSR count). The van der Waals surface area contributed by atoms with Crippen molar-refractivity contribution in [3.63, 3.8) is 0 Å². The normalized spacial score (nSPS) is 16.9. The zero-order valence-electron chi connectivity index (χ0n) is 19.5. The Kier molecular flexibility index (Phi) is 9.41. The van der Waals surface area contributed by atoms with E-state index in [0.29, 0.717) is 5.69 Å². The average molecular weight is 536 g/mol. The molecule has 0 radical (unpaired) electrons. The van der Waals surface area contributed by atoms with Crippen molar-refractivity contribution in [2.75, 3.05) is 35.8 Å². The SMILES string of the molecule is Cl.Cl.O=S(=O)(Nc1ccc(-c2ccc(N3CCN(C4CCCC4)CC3)nc2)cc1)c1ccccc1. The number of nitrogens with zero attached hydrogens (tertiary/aromatic N) is 3. The summed E-state index contributed by atoms with van der Waals surface area (Å²) in [5, 5.41) is 0. The second-order valence-corrected chi connectivity index (χ2v) is 10.5. The molecular formula is C26H32Cl2N4O2S. The minimum atomic E-state index is -3.59. The Morgan fingerprint density at radius 3 is 2.00 bits per heavy atom. The third-order valence-corrected chi connectivity index (χ3v) is 8.15. The first-order chi connectivity index (χ1) is 16.1. The van der Waals surface area contributed by atoms with Crippen molar-refractivity contribution in [3.8, 4) is 11.1 Å². The lowest BCUT2D eigenvalue weighted by molar-refractivity contribution is 0.187. The molecule has 0 spiro atoms. The van der Waals surface area contributed by atoms with Crippen LogP contribution in [-0.2, 0) is 10.0 Å². The number of hydrogen-bond acceptors (Lipinski definition) is 5. The van der Waals surface area contributed by atoms with Crippen molar-refractivity contribution in [1.29, 1.82) is 0 Å². The van der Waals surface area contributed by atoms with Crippen LogP contribution in [0.5, 0.6) is 0 Å². The van der Waals surface area contributed by atoms with Gasteiger partial charge < -0.3 is 4.90 Å². The number of rotatable bonds is 6. The second kappa shape index (κ2) is 12.1. The van der Waals surface area contributed by atoms with Gasteiger partial charge in [-0.1, -0.05) is 43.2 Å². The van der Waals surface area contributed by atoms with E-state index in [1.165, 1.54) is 25.7 Å². The van der Waals surface area contributed by atoms with Crippen LogP contribution in [0.2, 0.25) is 0 Å². The maximum Gasteiger partial charge on any atom is 0.261 e. The van der Waals surface area contributed by atoms with E-state index in [0.717, 1.165) is 49.2 Å². The van der Waals surface area contributed by atoms with Gasteiger partial charge in [0.2, 0.25) is 0 Å². The highest BCUT2D eigenvalue weighted by Crippen LogP contribution is 2.27. The topological polar surface area (TPSA) is 65.5 Å². The third-order valence-electron chi connectivity index (χ3n) is 6.75. The van der Waals surface area contributed by atoms with Crippen LogP contribution < -0.4 is 9.62 Å². The zero-order valence-corrected chi connectivity index (χ0v) is 22.0. The second-order valence-electron chi connectivity index (χ2n) is 8.86. The van der Waals surface area contributed by atoms with Gasteiger partial charge in [-0.25, -0.2) is 13.4 Å². The molecule has 0 amide bonds. The van der Waals surface area contributed by atoms with Crippen LogP contribution in [0.4, 0.5) is 11.5 Å². The molecule has 3 aromatic rings. The molecular weight excluding hydrogens is 503 g/mol. The summed E-state index contributed by atoms with van der Waals surface area (Å²) in [4.78, 5) is 10.00. The summed E-state index contributed by atoms with van der Waals surface area (Å²) in [6, 6.07) is 20.8. The molecule has 188 valence electrons. The smallest absolute Gasteiger partial charge is 0.261 e. The van der Waals surface area contributed by atoms with Crippen LogP contribution >= 0.6 is 24.8 Å². The van der Waals surface area contributed by atoms with Crippen LogP contribution in [0.15, 0.2) is 77.8 Å². The molecule has 1 N–H and O–H groups in total. The van der Waals surface area contributed by atoms with Gasteiger partial charge in [0.05, 0.1) is 4.90 Å². The molecule has 2 fully saturated rings. The fourth-order valence-corrected chi connectivity index (χ4v) is 5.95. The number of anilines is 2. The maximum absolute atomic E-state index is 12.5. The first-order valence-corrected chi connectivity index (χ1v) is 13.2. The molecule has 6 nitrogen and oxygen atoms in total. The molecule has 1 saturated heterocycles. The Morgan fingerprint density at radius 2 is 1.40 bits per heavy atom. The number of halogens is 2. The summed E-state index contributed by atoms with van der Waals surface area (Å²) in [5.41, 5.74) is 2.55. The lowest BCUT2D eigenvalue weighted by Gasteiger charge is -2.38. The number of hydrogen-bond donors (Lipinski definition) is 1. The summed E-state index contributed by atoms with van der Waals surface area (Å²) >= 11 is 0. The predicted octanol–water partition coefficient (Wildman–Crippen LogP) is 5.46. The predicted molar refractivity (Wildman–Crippen MR) is 147 cm³/mol. The molecule has 2 heterocycles.